The fraction of sp³-hybridized carbons (Fsp3) is 0.318. The highest BCUT2D eigenvalue weighted by Crippen LogP contribution is 2.24. The molecule has 1 aromatic heterocycles. The number of rotatable bonds is 7. The third kappa shape index (κ3) is 5.33. The van der Waals surface area contributed by atoms with Crippen LogP contribution in [0.3, 0.4) is 0 Å². The van der Waals surface area contributed by atoms with Gasteiger partial charge in [-0.2, -0.15) is 0 Å². The van der Waals surface area contributed by atoms with Gasteiger partial charge in [0.1, 0.15) is 12.4 Å². The second kappa shape index (κ2) is 9.21. The molecule has 0 aliphatic rings. The van der Waals surface area contributed by atoms with Crippen molar-refractivity contribution in [1.29, 1.82) is 0 Å². The second-order valence-corrected chi connectivity index (χ2v) is 8.76. The Hall–Kier alpha value is -3.00. The first-order valence-electron chi connectivity index (χ1n) is 9.68. The van der Waals surface area contributed by atoms with Crippen LogP contribution in [-0.4, -0.2) is 26.0 Å². The summed E-state index contributed by atoms with van der Waals surface area (Å²) in [6.07, 6.45) is 0. The lowest BCUT2D eigenvalue weighted by atomic mass is 10.1. The molecular formula is C22H27N5O2S. The maximum Gasteiger partial charge on any atom is 0.237 e. The van der Waals surface area contributed by atoms with Gasteiger partial charge in [0.15, 0.2) is 5.82 Å². The van der Waals surface area contributed by atoms with Crippen molar-refractivity contribution in [3.63, 3.8) is 0 Å². The molecule has 1 atom stereocenters. The number of benzene rings is 2. The average Bonchev–Trinajstić information content (AvgIpc) is 3.02. The SMILES string of the molecule is Cc1cc(C)cc(OCc2nnc(SC(C)C(=O)Nc3cc(C)ccc3C)n2N)c1. The molecule has 0 radical (unpaired) electrons. The number of carbonyl (C=O) groups is 1. The normalized spacial score (nSPS) is 11.9. The molecule has 1 heterocycles. The topological polar surface area (TPSA) is 95.1 Å². The lowest BCUT2D eigenvalue weighted by molar-refractivity contribution is -0.115. The molecule has 158 valence electrons. The molecule has 3 aromatic rings. The summed E-state index contributed by atoms with van der Waals surface area (Å²) in [7, 11) is 0. The van der Waals surface area contributed by atoms with Crippen LogP contribution in [0.2, 0.25) is 0 Å². The zero-order chi connectivity index (χ0) is 21.8. The number of aryl methyl sites for hydroxylation is 4. The Labute approximate surface area is 181 Å². The van der Waals surface area contributed by atoms with E-state index < -0.39 is 5.25 Å². The molecule has 0 aliphatic heterocycles. The van der Waals surface area contributed by atoms with Crippen LogP contribution >= 0.6 is 11.8 Å². The monoisotopic (exact) mass is 425 g/mol. The van der Waals surface area contributed by atoms with Crippen LogP contribution in [0.5, 0.6) is 5.75 Å². The highest BCUT2D eigenvalue weighted by Gasteiger charge is 2.20. The predicted molar refractivity (Wildman–Crippen MR) is 120 cm³/mol. The summed E-state index contributed by atoms with van der Waals surface area (Å²) in [6.45, 7) is 9.99. The van der Waals surface area contributed by atoms with Gasteiger partial charge in [-0.3, -0.25) is 4.79 Å². The molecule has 1 unspecified atom stereocenters. The Morgan fingerprint density at radius 1 is 1.10 bits per heavy atom. The van der Waals surface area contributed by atoms with E-state index in [0.29, 0.717) is 11.0 Å². The van der Waals surface area contributed by atoms with Crippen molar-refractivity contribution < 1.29 is 9.53 Å². The number of amides is 1. The Kier molecular flexibility index (Phi) is 6.66. The van der Waals surface area contributed by atoms with Gasteiger partial charge in [-0.1, -0.05) is 30.0 Å². The zero-order valence-electron chi connectivity index (χ0n) is 17.9. The lowest BCUT2D eigenvalue weighted by Gasteiger charge is -2.13. The number of aromatic nitrogens is 3. The Morgan fingerprint density at radius 3 is 2.50 bits per heavy atom. The number of hydrogen-bond donors (Lipinski definition) is 2. The minimum absolute atomic E-state index is 0.121. The van der Waals surface area contributed by atoms with Crippen molar-refractivity contribution in [1.82, 2.24) is 14.9 Å². The van der Waals surface area contributed by atoms with E-state index in [2.05, 4.69) is 21.6 Å². The number of ether oxygens (including phenoxy) is 1. The Morgan fingerprint density at radius 2 is 1.80 bits per heavy atom. The van der Waals surface area contributed by atoms with Crippen LogP contribution in [0.4, 0.5) is 5.69 Å². The van der Waals surface area contributed by atoms with Gasteiger partial charge in [0.05, 0.1) is 5.25 Å². The molecule has 7 nitrogen and oxygen atoms in total. The highest BCUT2D eigenvalue weighted by molar-refractivity contribution is 8.00. The first kappa shape index (κ1) is 21.7. The highest BCUT2D eigenvalue weighted by atomic mass is 32.2. The van der Waals surface area contributed by atoms with Crippen LogP contribution in [-0.2, 0) is 11.4 Å². The fourth-order valence-electron chi connectivity index (χ4n) is 2.97. The first-order valence-corrected chi connectivity index (χ1v) is 10.6. The smallest absolute Gasteiger partial charge is 0.237 e. The van der Waals surface area contributed by atoms with Crippen molar-refractivity contribution in [2.24, 2.45) is 0 Å². The molecular weight excluding hydrogens is 398 g/mol. The third-order valence-electron chi connectivity index (χ3n) is 4.60. The average molecular weight is 426 g/mol. The summed E-state index contributed by atoms with van der Waals surface area (Å²) in [5, 5.41) is 11.3. The maximum atomic E-state index is 12.6. The molecule has 3 rings (SSSR count). The summed E-state index contributed by atoms with van der Waals surface area (Å²) < 4.78 is 7.18. The molecule has 2 aromatic carbocycles. The van der Waals surface area contributed by atoms with E-state index >= 15 is 0 Å². The summed E-state index contributed by atoms with van der Waals surface area (Å²) >= 11 is 1.25. The van der Waals surface area contributed by atoms with Crippen LogP contribution in [0, 0.1) is 27.7 Å². The van der Waals surface area contributed by atoms with Gasteiger partial charge < -0.3 is 15.9 Å². The van der Waals surface area contributed by atoms with E-state index in [4.69, 9.17) is 10.6 Å². The van der Waals surface area contributed by atoms with Crippen LogP contribution in [0.1, 0.15) is 35.0 Å². The Bertz CT molecular complexity index is 1040. The number of nitrogen functional groups attached to an aromatic ring is 1. The van der Waals surface area contributed by atoms with Crippen molar-refractivity contribution in [2.75, 3.05) is 11.2 Å². The van der Waals surface area contributed by atoms with E-state index in [0.717, 1.165) is 33.7 Å². The number of anilines is 1. The van der Waals surface area contributed by atoms with Gasteiger partial charge in [0, 0.05) is 5.69 Å². The Balaban J connectivity index is 1.62. The minimum atomic E-state index is -0.399. The molecule has 0 saturated carbocycles. The van der Waals surface area contributed by atoms with E-state index in [1.807, 2.05) is 65.0 Å². The maximum absolute atomic E-state index is 12.6. The van der Waals surface area contributed by atoms with Gasteiger partial charge >= 0.3 is 0 Å². The molecule has 0 fully saturated rings. The summed E-state index contributed by atoms with van der Waals surface area (Å²) in [5.74, 6) is 7.25. The summed E-state index contributed by atoms with van der Waals surface area (Å²) in [4.78, 5) is 12.6. The summed E-state index contributed by atoms with van der Waals surface area (Å²) in [6, 6.07) is 12.0. The van der Waals surface area contributed by atoms with Crippen LogP contribution < -0.4 is 15.9 Å². The molecule has 1 amide bonds. The summed E-state index contributed by atoms with van der Waals surface area (Å²) in [5.41, 5.74) is 5.16. The quantitative estimate of drug-likeness (QED) is 0.440. The first-order chi connectivity index (χ1) is 14.2. The van der Waals surface area contributed by atoms with Crippen molar-refractivity contribution in [3.05, 3.63) is 64.5 Å². The van der Waals surface area contributed by atoms with Crippen molar-refractivity contribution in [2.45, 2.75) is 51.6 Å². The molecule has 3 N–H and O–H groups in total. The molecule has 0 aliphatic carbocycles. The van der Waals surface area contributed by atoms with Gasteiger partial charge in [0.25, 0.3) is 0 Å². The second-order valence-electron chi connectivity index (χ2n) is 7.45. The molecule has 0 spiro atoms. The molecule has 0 saturated heterocycles. The van der Waals surface area contributed by atoms with Crippen LogP contribution in [0.15, 0.2) is 41.6 Å². The van der Waals surface area contributed by atoms with Gasteiger partial charge in [0.2, 0.25) is 11.1 Å². The van der Waals surface area contributed by atoms with E-state index in [1.54, 1.807) is 0 Å². The third-order valence-corrected chi connectivity index (χ3v) is 5.66. The molecule has 0 bridgehead atoms. The minimum Gasteiger partial charge on any atom is -0.486 e. The number of carbonyl (C=O) groups excluding carboxylic acids is 1. The van der Waals surface area contributed by atoms with Gasteiger partial charge in [-0.25, -0.2) is 4.68 Å². The van der Waals surface area contributed by atoms with Crippen molar-refractivity contribution in [3.8, 4) is 5.75 Å². The fourth-order valence-corrected chi connectivity index (χ4v) is 3.76. The largest absolute Gasteiger partial charge is 0.486 e. The number of hydrogen-bond acceptors (Lipinski definition) is 6. The van der Waals surface area contributed by atoms with E-state index in [1.165, 1.54) is 16.4 Å². The van der Waals surface area contributed by atoms with E-state index in [-0.39, 0.29) is 12.5 Å². The van der Waals surface area contributed by atoms with Gasteiger partial charge in [-0.05, 0) is 75.1 Å². The van der Waals surface area contributed by atoms with Crippen molar-refractivity contribution >= 4 is 23.4 Å². The van der Waals surface area contributed by atoms with E-state index in [9.17, 15) is 4.79 Å². The molecule has 30 heavy (non-hydrogen) atoms. The van der Waals surface area contributed by atoms with Gasteiger partial charge in [-0.15, -0.1) is 10.2 Å². The number of nitrogens with one attached hydrogen (secondary N) is 1. The number of nitrogens with zero attached hydrogens (tertiary/aromatic N) is 3. The molecule has 8 heteroatoms. The lowest BCUT2D eigenvalue weighted by Crippen LogP contribution is -2.24. The van der Waals surface area contributed by atoms with Crippen LogP contribution in [0.25, 0.3) is 0 Å². The number of thioether (sulfide) groups is 1. The number of nitrogens with two attached hydrogens (primary N) is 1. The predicted octanol–water partition coefficient (Wildman–Crippen LogP) is 3.92. The zero-order valence-corrected chi connectivity index (χ0v) is 18.7. The standard InChI is InChI=1S/C22H27N5O2S/c1-13-6-7-16(4)19(11-13)24-21(28)17(5)30-22-26-25-20(27(22)23)12-29-18-9-14(2)8-15(3)10-18/h6-11,17H,12,23H2,1-5H3,(H,24,28).